The molecule has 156 valence electrons. The van der Waals surface area contributed by atoms with Crippen LogP contribution in [0.25, 0.3) is 5.69 Å². The van der Waals surface area contributed by atoms with Crippen LogP contribution in [0.5, 0.6) is 5.75 Å². The summed E-state index contributed by atoms with van der Waals surface area (Å²) in [5, 5.41) is 21.8. The Kier molecular flexibility index (Phi) is 6.10. The number of amides is 1. The number of hydrogen-bond donors (Lipinski definition) is 1. The zero-order valence-corrected chi connectivity index (χ0v) is 17.2. The van der Waals surface area contributed by atoms with Crippen molar-refractivity contribution in [1.29, 1.82) is 0 Å². The van der Waals surface area contributed by atoms with Crippen LogP contribution in [-0.4, -0.2) is 31.9 Å². The van der Waals surface area contributed by atoms with E-state index >= 15 is 0 Å². The normalized spacial score (nSPS) is 11.9. The first kappa shape index (κ1) is 21.0. The molecule has 0 saturated carbocycles. The molecular formula is C21H23N5O4. The van der Waals surface area contributed by atoms with Crippen molar-refractivity contribution in [2.24, 2.45) is 0 Å². The number of nitro groups is 1. The van der Waals surface area contributed by atoms with E-state index in [2.05, 4.69) is 15.6 Å². The Bertz CT molecular complexity index is 1060. The number of benzene rings is 2. The Hall–Kier alpha value is -3.75. The summed E-state index contributed by atoms with van der Waals surface area (Å²) in [5.41, 5.74) is 2.19. The maximum atomic E-state index is 12.8. The second kappa shape index (κ2) is 8.73. The number of rotatable bonds is 7. The van der Waals surface area contributed by atoms with Gasteiger partial charge in [0.1, 0.15) is 5.75 Å². The van der Waals surface area contributed by atoms with Gasteiger partial charge in [0.2, 0.25) is 0 Å². The maximum Gasteiger partial charge on any atom is 0.274 e. The van der Waals surface area contributed by atoms with Crippen molar-refractivity contribution in [3.63, 3.8) is 0 Å². The molecular weight excluding hydrogens is 386 g/mol. The first-order chi connectivity index (χ1) is 14.3. The second-order valence-corrected chi connectivity index (χ2v) is 7.14. The molecule has 1 atom stereocenters. The molecule has 0 radical (unpaired) electrons. The Morgan fingerprint density at radius 2 is 1.87 bits per heavy atom. The molecule has 3 rings (SSSR count). The molecule has 0 spiro atoms. The van der Waals surface area contributed by atoms with Crippen LogP contribution in [0.2, 0.25) is 0 Å². The Morgan fingerprint density at radius 1 is 1.17 bits per heavy atom. The smallest absolute Gasteiger partial charge is 0.274 e. The van der Waals surface area contributed by atoms with Crippen molar-refractivity contribution in [3.05, 3.63) is 75.6 Å². The van der Waals surface area contributed by atoms with Crippen LogP contribution < -0.4 is 10.1 Å². The van der Waals surface area contributed by atoms with Crippen LogP contribution in [-0.2, 0) is 0 Å². The quantitative estimate of drug-likeness (QED) is 0.470. The van der Waals surface area contributed by atoms with Crippen LogP contribution >= 0.6 is 0 Å². The molecule has 9 heteroatoms. The SMILES string of the molecule is Cc1c(C(=O)N[C@H](C)c2cccc(OC(C)C)c2)nnn1-c1ccc([N+](=O)[O-])cc1. The minimum absolute atomic E-state index is 0.0213. The fraction of sp³-hybridized carbons (Fsp3) is 0.286. The molecule has 0 saturated heterocycles. The van der Waals surface area contributed by atoms with E-state index < -0.39 is 4.92 Å². The van der Waals surface area contributed by atoms with Gasteiger partial charge in [0.25, 0.3) is 11.6 Å². The molecule has 9 nitrogen and oxygen atoms in total. The number of carbonyl (C=O) groups is 1. The molecule has 0 bridgehead atoms. The van der Waals surface area contributed by atoms with Gasteiger partial charge in [-0.1, -0.05) is 17.3 Å². The van der Waals surface area contributed by atoms with Crippen molar-refractivity contribution in [2.45, 2.75) is 39.8 Å². The van der Waals surface area contributed by atoms with Gasteiger partial charge < -0.3 is 10.1 Å². The van der Waals surface area contributed by atoms with Crippen molar-refractivity contribution >= 4 is 11.6 Å². The average Bonchev–Trinajstić information content (AvgIpc) is 3.09. The lowest BCUT2D eigenvalue weighted by Gasteiger charge is -2.16. The Labute approximate surface area is 173 Å². The minimum Gasteiger partial charge on any atom is -0.491 e. The zero-order chi connectivity index (χ0) is 21.8. The summed E-state index contributed by atoms with van der Waals surface area (Å²) in [6, 6.07) is 13.2. The van der Waals surface area contributed by atoms with E-state index in [4.69, 9.17) is 4.74 Å². The second-order valence-electron chi connectivity index (χ2n) is 7.14. The van der Waals surface area contributed by atoms with E-state index in [1.165, 1.54) is 16.8 Å². The number of nitro benzene ring substituents is 1. The predicted octanol–water partition coefficient (Wildman–Crippen LogP) is 3.76. The molecule has 0 aliphatic carbocycles. The van der Waals surface area contributed by atoms with Gasteiger partial charge in [0, 0.05) is 12.1 Å². The van der Waals surface area contributed by atoms with Crippen LogP contribution in [0.4, 0.5) is 5.69 Å². The highest BCUT2D eigenvalue weighted by Gasteiger charge is 2.20. The fourth-order valence-corrected chi connectivity index (χ4v) is 2.98. The third-order valence-electron chi connectivity index (χ3n) is 4.49. The van der Waals surface area contributed by atoms with Gasteiger partial charge in [-0.3, -0.25) is 14.9 Å². The average molecular weight is 409 g/mol. The van der Waals surface area contributed by atoms with Gasteiger partial charge in [-0.15, -0.1) is 5.10 Å². The molecule has 30 heavy (non-hydrogen) atoms. The van der Waals surface area contributed by atoms with Gasteiger partial charge in [0.15, 0.2) is 5.69 Å². The van der Waals surface area contributed by atoms with Gasteiger partial charge in [-0.25, -0.2) is 4.68 Å². The third-order valence-corrected chi connectivity index (χ3v) is 4.49. The number of nitrogens with zero attached hydrogens (tertiary/aromatic N) is 4. The number of hydrogen-bond acceptors (Lipinski definition) is 6. The number of aromatic nitrogens is 3. The van der Waals surface area contributed by atoms with Crippen LogP contribution in [0.3, 0.4) is 0 Å². The van der Waals surface area contributed by atoms with E-state index in [9.17, 15) is 14.9 Å². The first-order valence-corrected chi connectivity index (χ1v) is 9.51. The fourth-order valence-electron chi connectivity index (χ4n) is 2.98. The third kappa shape index (κ3) is 4.62. The summed E-state index contributed by atoms with van der Waals surface area (Å²) in [6.07, 6.45) is 0.0576. The molecule has 0 aliphatic rings. The summed E-state index contributed by atoms with van der Waals surface area (Å²) in [6.45, 7) is 7.50. The van der Waals surface area contributed by atoms with Crippen LogP contribution in [0.15, 0.2) is 48.5 Å². The zero-order valence-electron chi connectivity index (χ0n) is 17.2. The van der Waals surface area contributed by atoms with Gasteiger partial charge in [-0.2, -0.15) is 0 Å². The molecule has 1 heterocycles. The van der Waals surface area contributed by atoms with Gasteiger partial charge in [-0.05, 0) is 57.5 Å². The van der Waals surface area contributed by atoms with Crippen molar-refractivity contribution in [2.75, 3.05) is 0 Å². The standard InChI is InChI=1S/C21H23N5O4/c1-13(2)30-19-7-5-6-16(12-19)14(3)22-21(27)20-15(4)25(24-23-20)17-8-10-18(11-9-17)26(28)29/h5-14H,1-4H3,(H,22,27)/t14-/m1/s1. The number of non-ortho nitro benzene ring substituents is 1. The maximum absolute atomic E-state index is 12.8. The minimum atomic E-state index is -0.473. The summed E-state index contributed by atoms with van der Waals surface area (Å²) < 4.78 is 7.18. The van der Waals surface area contributed by atoms with Crippen molar-refractivity contribution in [3.8, 4) is 11.4 Å². The summed E-state index contributed by atoms with van der Waals surface area (Å²) in [4.78, 5) is 23.1. The summed E-state index contributed by atoms with van der Waals surface area (Å²) in [5.74, 6) is 0.382. The van der Waals surface area contributed by atoms with Crippen LogP contribution in [0, 0.1) is 17.0 Å². The Morgan fingerprint density at radius 3 is 2.50 bits per heavy atom. The monoisotopic (exact) mass is 409 g/mol. The number of ether oxygens (including phenoxy) is 1. The van der Waals surface area contributed by atoms with E-state index in [0.717, 1.165) is 11.3 Å². The highest BCUT2D eigenvalue weighted by molar-refractivity contribution is 5.93. The molecule has 3 aromatic rings. The largest absolute Gasteiger partial charge is 0.491 e. The lowest BCUT2D eigenvalue weighted by Crippen LogP contribution is -2.27. The summed E-state index contributed by atoms with van der Waals surface area (Å²) in [7, 11) is 0. The molecule has 0 aliphatic heterocycles. The van der Waals surface area contributed by atoms with E-state index in [-0.39, 0.29) is 29.4 Å². The highest BCUT2D eigenvalue weighted by atomic mass is 16.6. The van der Waals surface area contributed by atoms with Gasteiger partial charge in [0.05, 0.1) is 28.5 Å². The predicted molar refractivity (Wildman–Crippen MR) is 111 cm³/mol. The molecule has 2 aromatic carbocycles. The molecule has 0 fully saturated rings. The van der Waals surface area contributed by atoms with Crippen LogP contribution in [0.1, 0.15) is 48.6 Å². The van der Waals surface area contributed by atoms with E-state index in [0.29, 0.717) is 11.4 Å². The van der Waals surface area contributed by atoms with Crippen molar-refractivity contribution in [1.82, 2.24) is 20.3 Å². The lowest BCUT2D eigenvalue weighted by molar-refractivity contribution is -0.384. The molecule has 1 aromatic heterocycles. The number of carbonyl (C=O) groups excluding carboxylic acids is 1. The lowest BCUT2D eigenvalue weighted by atomic mass is 10.1. The number of nitrogens with one attached hydrogen (secondary N) is 1. The molecule has 1 N–H and O–H groups in total. The topological polar surface area (TPSA) is 112 Å². The van der Waals surface area contributed by atoms with Gasteiger partial charge >= 0.3 is 0 Å². The first-order valence-electron chi connectivity index (χ1n) is 9.51. The molecule has 1 amide bonds. The van der Waals surface area contributed by atoms with Crippen molar-refractivity contribution < 1.29 is 14.5 Å². The highest BCUT2D eigenvalue weighted by Crippen LogP contribution is 2.21. The summed E-state index contributed by atoms with van der Waals surface area (Å²) >= 11 is 0. The Balaban J connectivity index is 1.75. The molecule has 0 unspecified atom stereocenters. The van der Waals surface area contributed by atoms with E-state index in [1.807, 2.05) is 45.0 Å². The van der Waals surface area contributed by atoms with E-state index in [1.54, 1.807) is 19.1 Å².